The van der Waals surface area contributed by atoms with E-state index in [1.54, 1.807) is 0 Å². The third-order valence-corrected chi connectivity index (χ3v) is 9.95. The van der Waals surface area contributed by atoms with Crippen molar-refractivity contribution in [3.63, 3.8) is 0 Å². The van der Waals surface area contributed by atoms with E-state index in [0.717, 1.165) is 18.4 Å². The Morgan fingerprint density at radius 2 is 1.56 bits per heavy atom. The fraction of sp³-hybridized carbons (Fsp3) is 0.478. The van der Waals surface area contributed by atoms with Gasteiger partial charge in [0.05, 0.1) is 10.8 Å². The van der Waals surface area contributed by atoms with E-state index >= 15 is 0 Å². The van der Waals surface area contributed by atoms with Crippen LogP contribution in [0.1, 0.15) is 18.4 Å². The maximum atomic E-state index is 14.0. The van der Waals surface area contributed by atoms with Crippen molar-refractivity contribution >= 4 is 22.4 Å². The number of fused-ring (bicyclic) bond motifs is 10. The lowest BCUT2D eigenvalue weighted by atomic mass is 9.60. The molecule has 0 spiro atoms. The van der Waals surface area contributed by atoms with Crippen molar-refractivity contribution in [3.05, 3.63) is 54.1 Å². The third kappa shape index (κ3) is 1.76. The predicted octanol–water partition coefficient (Wildman–Crippen LogP) is 3.25. The average Bonchev–Trinajstić information content (AvgIpc) is 3.45. The van der Waals surface area contributed by atoms with Gasteiger partial charge in [-0.1, -0.05) is 42.0 Å². The summed E-state index contributed by atoms with van der Waals surface area (Å²) in [6.07, 6.45) is 10.2. The number of rotatable bonds is 2. The van der Waals surface area contributed by atoms with Gasteiger partial charge < -0.3 is 0 Å². The van der Waals surface area contributed by atoms with Crippen LogP contribution < -0.4 is 0 Å². The SMILES string of the molecule is Cc1ccc([S@](=O)[C@@]23C(=O)[C@@H]4[C@H](C(=O)[C@@H]2[C@H]2C=C[C@@H]3C2)[C@@H]2C=C[C@H]4C2)cc1. The molecule has 0 radical (unpaired) electrons. The molecule has 0 unspecified atom stereocenters. The highest BCUT2D eigenvalue weighted by molar-refractivity contribution is 7.87. The third-order valence-electron chi connectivity index (χ3n) is 7.88. The zero-order valence-corrected chi connectivity index (χ0v) is 16.0. The van der Waals surface area contributed by atoms with Crippen LogP contribution in [0.5, 0.6) is 0 Å². The average molecular weight is 378 g/mol. The van der Waals surface area contributed by atoms with E-state index in [0.29, 0.717) is 4.90 Å². The van der Waals surface area contributed by atoms with Gasteiger partial charge in [-0.15, -0.1) is 0 Å². The minimum atomic E-state index is -1.51. The minimum absolute atomic E-state index is 0.0739. The first-order valence-electron chi connectivity index (χ1n) is 9.96. The molecular formula is C23H22O3S. The zero-order chi connectivity index (χ0) is 18.5. The van der Waals surface area contributed by atoms with E-state index in [-0.39, 0.29) is 47.1 Å². The number of hydrogen-bond donors (Lipinski definition) is 0. The Morgan fingerprint density at radius 1 is 0.889 bits per heavy atom. The second-order valence-electron chi connectivity index (χ2n) is 9.01. The summed E-state index contributed by atoms with van der Waals surface area (Å²) in [6, 6.07) is 7.63. The van der Waals surface area contributed by atoms with Crippen molar-refractivity contribution < 1.29 is 13.8 Å². The molecule has 9 atom stereocenters. The van der Waals surface area contributed by atoms with E-state index in [9.17, 15) is 13.8 Å². The monoisotopic (exact) mass is 378 g/mol. The van der Waals surface area contributed by atoms with Crippen LogP contribution in [0.3, 0.4) is 0 Å². The maximum Gasteiger partial charge on any atom is 0.157 e. The van der Waals surface area contributed by atoms with Crippen LogP contribution in [0.25, 0.3) is 0 Å². The van der Waals surface area contributed by atoms with Gasteiger partial charge in [-0.3, -0.25) is 13.8 Å². The van der Waals surface area contributed by atoms with Crippen LogP contribution in [0.2, 0.25) is 0 Å². The predicted molar refractivity (Wildman–Crippen MR) is 102 cm³/mol. The summed E-state index contributed by atoms with van der Waals surface area (Å²) in [5.74, 6) is -0.133. The van der Waals surface area contributed by atoms with E-state index in [1.165, 1.54) is 0 Å². The summed E-state index contributed by atoms with van der Waals surface area (Å²) in [5.41, 5.74) is 1.10. The molecule has 0 N–H and O–H groups in total. The van der Waals surface area contributed by atoms with Gasteiger partial charge in [0.1, 0.15) is 10.5 Å². The van der Waals surface area contributed by atoms with Crippen LogP contribution in [-0.4, -0.2) is 20.5 Å². The van der Waals surface area contributed by atoms with Gasteiger partial charge in [-0.25, -0.2) is 0 Å². The molecule has 138 valence electrons. The van der Waals surface area contributed by atoms with Gasteiger partial charge in [-0.05, 0) is 49.7 Å². The van der Waals surface area contributed by atoms with Crippen LogP contribution in [0.15, 0.2) is 53.5 Å². The molecule has 3 saturated carbocycles. The van der Waals surface area contributed by atoms with E-state index in [2.05, 4.69) is 24.3 Å². The number of hydrogen-bond acceptors (Lipinski definition) is 3. The largest absolute Gasteiger partial charge is 0.299 e. The standard InChI is InChI=1S/C23H22O3S/c1-12-2-8-17(9-3-12)27(26)23-16-7-6-15(11-16)20(23)21(24)18-13-4-5-14(10-13)19(18)22(23)25/h2-9,13-16,18-20H,10-11H2,1H3/t13-,14+,15+,16-,18-,19+,20+,23-,27+/m1/s1. The quantitative estimate of drug-likeness (QED) is 0.743. The van der Waals surface area contributed by atoms with Gasteiger partial charge in [-0.2, -0.15) is 0 Å². The Hall–Kier alpha value is -1.81. The summed E-state index contributed by atoms with van der Waals surface area (Å²) >= 11 is 0. The molecule has 1 aromatic rings. The van der Waals surface area contributed by atoms with Crippen molar-refractivity contribution in [3.8, 4) is 0 Å². The molecule has 5 aliphatic carbocycles. The number of carbonyl (C=O) groups is 2. The molecule has 1 aromatic carbocycles. The fourth-order valence-corrected chi connectivity index (χ4v) is 8.90. The van der Waals surface area contributed by atoms with E-state index in [4.69, 9.17) is 0 Å². The Balaban J connectivity index is 1.54. The second-order valence-corrected chi connectivity index (χ2v) is 10.7. The Morgan fingerprint density at radius 3 is 2.30 bits per heavy atom. The van der Waals surface area contributed by atoms with Crippen molar-refractivity contribution in [2.24, 2.45) is 41.4 Å². The summed E-state index contributed by atoms with van der Waals surface area (Å²) in [5, 5.41) is 0. The first kappa shape index (κ1) is 16.2. The lowest BCUT2D eigenvalue weighted by molar-refractivity contribution is -0.146. The van der Waals surface area contributed by atoms with Crippen LogP contribution >= 0.6 is 0 Å². The molecule has 4 bridgehead atoms. The molecule has 0 heterocycles. The number of ketones is 2. The highest BCUT2D eigenvalue weighted by Gasteiger charge is 2.73. The smallest absolute Gasteiger partial charge is 0.157 e. The van der Waals surface area contributed by atoms with Crippen molar-refractivity contribution in [2.45, 2.75) is 29.4 Å². The first-order chi connectivity index (χ1) is 13.0. The highest BCUT2D eigenvalue weighted by atomic mass is 32.2. The molecule has 5 aliphatic rings. The number of carbonyl (C=O) groups excluding carboxylic acids is 2. The first-order valence-corrected chi connectivity index (χ1v) is 11.1. The van der Waals surface area contributed by atoms with Crippen molar-refractivity contribution in [1.29, 1.82) is 0 Å². The molecule has 4 heteroatoms. The minimum Gasteiger partial charge on any atom is -0.299 e. The van der Waals surface area contributed by atoms with Gasteiger partial charge in [0.25, 0.3) is 0 Å². The van der Waals surface area contributed by atoms with E-state index in [1.807, 2.05) is 31.2 Å². The molecule has 0 aromatic heterocycles. The summed E-state index contributed by atoms with van der Waals surface area (Å²) in [6.45, 7) is 2.00. The second kappa shape index (κ2) is 5.16. The van der Waals surface area contributed by atoms with Gasteiger partial charge >= 0.3 is 0 Å². The number of benzene rings is 1. The van der Waals surface area contributed by atoms with Gasteiger partial charge in [0.15, 0.2) is 5.78 Å². The summed E-state index contributed by atoms with van der Waals surface area (Å²) in [4.78, 5) is 28.3. The molecule has 0 aliphatic heterocycles. The molecule has 3 nitrogen and oxygen atoms in total. The normalized spacial score (nSPS) is 46.8. The highest BCUT2D eigenvalue weighted by Crippen LogP contribution is 2.64. The molecule has 0 amide bonds. The van der Waals surface area contributed by atoms with Crippen molar-refractivity contribution in [1.82, 2.24) is 0 Å². The lowest BCUT2D eigenvalue weighted by Gasteiger charge is -2.48. The van der Waals surface area contributed by atoms with Crippen LogP contribution in [0, 0.1) is 48.3 Å². The zero-order valence-electron chi connectivity index (χ0n) is 15.2. The number of Topliss-reactive ketones (excluding diaryl/α,β-unsaturated/α-hetero) is 2. The Kier molecular flexibility index (Phi) is 3.09. The lowest BCUT2D eigenvalue weighted by Crippen LogP contribution is -2.64. The van der Waals surface area contributed by atoms with Crippen LogP contribution in [-0.2, 0) is 20.4 Å². The summed E-state index contributed by atoms with van der Waals surface area (Å²) in [7, 11) is -1.51. The topological polar surface area (TPSA) is 51.2 Å². The number of aryl methyl sites for hydroxylation is 1. The molecule has 27 heavy (non-hydrogen) atoms. The molecular weight excluding hydrogens is 356 g/mol. The maximum absolute atomic E-state index is 14.0. The molecule has 3 fully saturated rings. The molecule has 0 saturated heterocycles. The Labute approximate surface area is 161 Å². The van der Waals surface area contributed by atoms with E-state index < -0.39 is 21.5 Å². The van der Waals surface area contributed by atoms with Crippen molar-refractivity contribution in [2.75, 3.05) is 0 Å². The summed E-state index contributed by atoms with van der Waals surface area (Å²) < 4.78 is 12.9. The Bertz CT molecular complexity index is 958. The number of allylic oxidation sites excluding steroid dienone is 4. The fourth-order valence-electron chi connectivity index (χ4n) is 6.84. The van der Waals surface area contributed by atoms with Gasteiger partial charge in [0, 0.05) is 28.6 Å². The van der Waals surface area contributed by atoms with Crippen LogP contribution in [0.4, 0.5) is 0 Å². The molecule has 6 rings (SSSR count). The van der Waals surface area contributed by atoms with Gasteiger partial charge in [0.2, 0.25) is 0 Å².